The van der Waals surface area contributed by atoms with Gasteiger partial charge < -0.3 is 15.6 Å². The highest BCUT2D eigenvalue weighted by molar-refractivity contribution is 5.80. The van der Waals surface area contributed by atoms with Crippen molar-refractivity contribution < 1.29 is 9.32 Å². The van der Waals surface area contributed by atoms with E-state index < -0.39 is 6.04 Å². The van der Waals surface area contributed by atoms with Crippen molar-refractivity contribution in [3.8, 4) is 0 Å². The molecule has 1 rings (SSSR count). The second-order valence-corrected chi connectivity index (χ2v) is 3.06. The predicted octanol–water partition coefficient (Wildman–Crippen LogP) is -0.616. The lowest BCUT2D eigenvalue weighted by atomic mass is 10.3. The van der Waals surface area contributed by atoms with Gasteiger partial charge in [-0.3, -0.25) is 4.79 Å². The second-order valence-electron chi connectivity index (χ2n) is 3.06. The van der Waals surface area contributed by atoms with Crippen molar-refractivity contribution in [1.82, 2.24) is 15.5 Å². The highest BCUT2D eigenvalue weighted by Crippen LogP contribution is 1.94. The molecule has 78 valence electrons. The minimum Gasteiger partial charge on any atom is -0.354 e. The number of nitrogens with zero attached hydrogens (tertiary/aromatic N) is 2. The Morgan fingerprint density at radius 3 is 2.93 bits per heavy atom. The van der Waals surface area contributed by atoms with Crippen LogP contribution in [0.25, 0.3) is 0 Å². The van der Waals surface area contributed by atoms with E-state index in [4.69, 9.17) is 10.3 Å². The van der Waals surface area contributed by atoms with Crippen molar-refractivity contribution >= 4 is 5.91 Å². The number of nitrogens with two attached hydrogens (primary N) is 1. The SMILES string of the molecule is Cc1nc(CCNC(=O)[C@@H](C)N)no1. The average molecular weight is 198 g/mol. The summed E-state index contributed by atoms with van der Waals surface area (Å²) in [5, 5.41) is 6.34. The molecular formula is C8H14N4O2. The maximum atomic E-state index is 11.0. The summed E-state index contributed by atoms with van der Waals surface area (Å²) in [5.41, 5.74) is 5.36. The number of amides is 1. The Labute approximate surface area is 81.9 Å². The summed E-state index contributed by atoms with van der Waals surface area (Å²) in [6.07, 6.45) is 0.551. The lowest BCUT2D eigenvalue weighted by molar-refractivity contribution is -0.121. The number of rotatable bonds is 4. The molecule has 0 bridgehead atoms. The van der Waals surface area contributed by atoms with Gasteiger partial charge in [-0.2, -0.15) is 4.98 Å². The number of aromatic nitrogens is 2. The molecule has 6 nitrogen and oxygen atoms in total. The van der Waals surface area contributed by atoms with Gasteiger partial charge in [0.25, 0.3) is 0 Å². The van der Waals surface area contributed by atoms with Gasteiger partial charge in [-0.1, -0.05) is 5.16 Å². The van der Waals surface area contributed by atoms with Crippen LogP contribution in [-0.4, -0.2) is 28.6 Å². The van der Waals surface area contributed by atoms with Gasteiger partial charge in [0.05, 0.1) is 6.04 Å². The molecule has 0 radical (unpaired) electrons. The molecule has 3 N–H and O–H groups in total. The molecule has 1 aromatic heterocycles. The van der Waals surface area contributed by atoms with Crippen molar-refractivity contribution in [3.63, 3.8) is 0 Å². The topological polar surface area (TPSA) is 94.0 Å². The summed E-state index contributed by atoms with van der Waals surface area (Å²) in [4.78, 5) is 15.0. The van der Waals surface area contributed by atoms with Crippen molar-refractivity contribution in [1.29, 1.82) is 0 Å². The molecule has 14 heavy (non-hydrogen) atoms. The molecular weight excluding hydrogens is 184 g/mol. The van der Waals surface area contributed by atoms with Crippen LogP contribution >= 0.6 is 0 Å². The van der Waals surface area contributed by atoms with E-state index in [9.17, 15) is 4.79 Å². The standard InChI is InChI=1S/C8H14N4O2/c1-5(9)8(13)10-4-3-7-11-6(2)14-12-7/h5H,3-4,9H2,1-2H3,(H,10,13)/t5-/m1/s1. The third-order valence-corrected chi connectivity index (χ3v) is 1.63. The van der Waals surface area contributed by atoms with Crippen molar-refractivity contribution in [2.75, 3.05) is 6.54 Å². The number of hydrogen-bond donors (Lipinski definition) is 2. The zero-order valence-electron chi connectivity index (χ0n) is 8.28. The van der Waals surface area contributed by atoms with Crippen LogP contribution in [0.3, 0.4) is 0 Å². The number of aryl methyl sites for hydroxylation is 1. The van der Waals surface area contributed by atoms with Crippen LogP contribution in [0.2, 0.25) is 0 Å². The van der Waals surface area contributed by atoms with E-state index in [2.05, 4.69) is 15.5 Å². The zero-order valence-corrected chi connectivity index (χ0v) is 8.28. The molecule has 0 saturated heterocycles. The van der Waals surface area contributed by atoms with Crippen LogP contribution in [0.1, 0.15) is 18.6 Å². The molecule has 0 aromatic carbocycles. The summed E-state index contributed by atoms with van der Waals surface area (Å²) in [6.45, 7) is 3.82. The molecule has 0 spiro atoms. The summed E-state index contributed by atoms with van der Waals surface area (Å²) >= 11 is 0. The average Bonchev–Trinajstić information content (AvgIpc) is 2.51. The molecule has 0 unspecified atom stereocenters. The Hall–Kier alpha value is -1.43. The first-order valence-corrected chi connectivity index (χ1v) is 4.42. The van der Waals surface area contributed by atoms with Crippen molar-refractivity contribution in [2.24, 2.45) is 5.73 Å². The first-order valence-electron chi connectivity index (χ1n) is 4.42. The highest BCUT2D eigenvalue weighted by Gasteiger charge is 2.07. The lowest BCUT2D eigenvalue weighted by Gasteiger charge is -2.05. The third kappa shape index (κ3) is 3.14. The molecule has 1 heterocycles. The van der Waals surface area contributed by atoms with E-state index in [-0.39, 0.29) is 5.91 Å². The Morgan fingerprint density at radius 2 is 2.43 bits per heavy atom. The fourth-order valence-electron chi connectivity index (χ4n) is 0.901. The van der Waals surface area contributed by atoms with Gasteiger partial charge in [-0.15, -0.1) is 0 Å². The third-order valence-electron chi connectivity index (χ3n) is 1.63. The Kier molecular flexibility index (Phi) is 3.58. The maximum Gasteiger partial charge on any atom is 0.236 e. The van der Waals surface area contributed by atoms with E-state index in [1.165, 1.54) is 0 Å². The van der Waals surface area contributed by atoms with Crippen LogP contribution in [0, 0.1) is 6.92 Å². The van der Waals surface area contributed by atoms with Crippen LogP contribution in [0.5, 0.6) is 0 Å². The maximum absolute atomic E-state index is 11.0. The van der Waals surface area contributed by atoms with Crippen LogP contribution < -0.4 is 11.1 Å². The van der Waals surface area contributed by atoms with Gasteiger partial charge in [0.2, 0.25) is 11.8 Å². The quantitative estimate of drug-likeness (QED) is 0.672. The zero-order chi connectivity index (χ0) is 10.6. The minimum absolute atomic E-state index is 0.176. The molecule has 6 heteroatoms. The summed E-state index contributed by atoms with van der Waals surface area (Å²) < 4.78 is 4.77. The van der Waals surface area contributed by atoms with Crippen molar-refractivity contribution in [2.45, 2.75) is 26.3 Å². The first kappa shape index (κ1) is 10.6. The van der Waals surface area contributed by atoms with Gasteiger partial charge in [-0.25, -0.2) is 0 Å². The Balaban J connectivity index is 2.25. The largest absolute Gasteiger partial charge is 0.354 e. The number of carbonyl (C=O) groups is 1. The lowest BCUT2D eigenvalue weighted by Crippen LogP contribution is -2.39. The highest BCUT2D eigenvalue weighted by atomic mass is 16.5. The Morgan fingerprint density at radius 1 is 1.71 bits per heavy atom. The Bertz CT molecular complexity index is 308. The monoisotopic (exact) mass is 198 g/mol. The minimum atomic E-state index is -0.484. The number of carbonyl (C=O) groups excluding carboxylic acids is 1. The van der Waals surface area contributed by atoms with Gasteiger partial charge in [0.1, 0.15) is 0 Å². The van der Waals surface area contributed by atoms with Gasteiger partial charge in [-0.05, 0) is 6.92 Å². The fraction of sp³-hybridized carbons (Fsp3) is 0.625. The second kappa shape index (κ2) is 4.71. The molecule has 0 fully saturated rings. The molecule has 1 aromatic rings. The molecule has 1 amide bonds. The van der Waals surface area contributed by atoms with Gasteiger partial charge in [0.15, 0.2) is 5.82 Å². The van der Waals surface area contributed by atoms with Gasteiger partial charge >= 0.3 is 0 Å². The van der Waals surface area contributed by atoms with E-state index in [1.54, 1.807) is 13.8 Å². The molecule has 0 aliphatic rings. The van der Waals surface area contributed by atoms with E-state index in [0.717, 1.165) is 0 Å². The van der Waals surface area contributed by atoms with Crippen molar-refractivity contribution in [3.05, 3.63) is 11.7 Å². The van der Waals surface area contributed by atoms with Gasteiger partial charge in [0, 0.05) is 19.9 Å². The molecule has 0 saturated carbocycles. The van der Waals surface area contributed by atoms with Crippen LogP contribution in [0.4, 0.5) is 0 Å². The normalized spacial score (nSPS) is 12.5. The van der Waals surface area contributed by atoms with E-state index in [1.807, 2.05) is 0 Å². The predicted molar refractivity (Wildman–Crippen MR) is 49.4 cm³/mol. The summed E-state index contributed by atoms with van der Waals surface area (Å²) in [6, 6.07) is -0.484. The van der Waals surface area contributed by atoms with E-state index in [0.29, 0.717) is 24.7 Å². The summed E-state index contributed by atoms with van der Waals surface area (Å²) in [7, 11) is 0. The number of nitrogens with one attached hydrogen (secondary N) is 1. The molecule has 0 aliphatic carbocycles. The molecule has 0 aliphatic heterocycles. The number of hydrogen-bond acceptors (Lipinski definition) is 5. The smallest absolute Gasteiger partial charge is 0.236 e. The fourth-order valence-corrected chi connectivity index (χ4v) is 0.901. The summed E-state index contributed by atoms with van der Waals surface area (Å²) in [5.74, 6) is 0.941. The molecule has 1 atom stereocenters. The first-order chi connectivity index (χ1) is 6.59. The van der Waals surface area contributed by atoms with Crippen LogP contribution in [0.15, 0.2) is 4.52 Å². The van der Waals surface area contributed by atoms with Crippen LogP contribution in [-0.2, 0) is 11.2 Å². The van der Waals surface area contributed by atoms with E-state index >= 15 is 0 Å².